The number of carbonyl (C=O) groups is 2. The molecule has 1 aromatic rings. The van der Waals surface area contributed by atoms with E-state index in [1.54, 1.807) is 38.2 Å². The van der Waals surface area contributed by atoms with Gasteiger partial charge in [0.1, 0.15) is 0 Å². The second-order valence-corrected chi connectivity index (χ2v) is 4.69. The number of carboxylic acid groups (broad SMARTS) is 1. The predicted molar refractivity (Wildman–Crippen MR) is 75.2 cm³/mol. The lowest BCUT2D eigenvalue weighted by Gasteiger charge is -2.28. The highest BCUT2D eigenvalue weighted by Crippen LogP contribution is 2.37. The number of aromatic nitrogens is 1. The van der Waals surface area contributed by atoms with E-state index >= 15 is 0 Å². The van der Waals surface area contributed by atoms with Crippen LogP contribution in [0.3, 0.4) is 0 Å². The van der Waals surface area contributed by atoms with Crippen molar-refractivity contribution in [2.24, 2.45) is 0 Å². The van der Waals surface area contributed by atoms with Crippen LogP contribution in [0.5, 0.6) is 0 Å². The summed E-state index contributed by atoms with van der Waals surface area (Å²) in [7, 11) is 1.27. The van der Waals surface area contributed by atoms with Gasteiger partial charge in [0.05, 0.1) is 29.9 Å². The summed E-state index contributed by atoms with van der Waals surface area (Å²) >= 11 is 0. The van der Waals surface area contributed by atoms with Crippen LogP contribution in [-0.4, -0.2) is 29.1 Å². The first-order chi connectivity index (χ1) is 9.97. The third kappa shape index (κ3) is 2.65. The molecule has 2 rings (SSSR count). The van der Waals surface area contributed by atoms with Gasteiger partial charge < -0.3 is 15.2 Å². The van der Waals surface area contributed by atoms with E-state index in [1.807, 2.05) is 0 Å². The molecule has 0 aromatic carbocycles. The first kappa shape index (κ1) is 14.8. The molecule has 2 N–H and O–H groups in total. The molecule has 1 aliphatic heterocycles. The molecule has 110 valence electrons. The number of allylic oxidation sites excluding steroid dienone is 2. The number of hydrogen-bond donors (Lipinski definition) is 2. The predicted octanol–water partition coefficient (Wildman–Crippen LogP) is 1.57. The second-order valence-electron chi connectivity index (χ2n) is 4.69. The molecule has 1 aromatic heterocycles. The molecular formula is C15H16N2O4. The van der Waals surface area contributed by atoms with Gasteiger partial charge >= 0.3 is 11.9 Å². The fourth-order valence-electron chi connectivity index (χ4n) is 2.50. The Morgan fingerprint density at radius 2 is 1.90 bits per heavy atom. The van der Waals surface area contributed by atoms with Crippen LogP contribution in [0.25, 0.3) is 0 Å². The lowest BCUT2D eigenvalue weighted by Crippen LogP contribution is -2.31. The van der Waals surface area contributed by atoms with Gasteiger partial charge in [-0.15, -0.1) is 0 Å². The van der Waals surface area contributed by atoms with Crippen molar-refractivity contribution >= 4 is 11.9 Å². The van der Waals surface area contributed by atoms with Gasteiger partial charge in [0.2, 0.25) is 0 Å². The van der Waals surface area contributed by atoms with Crippen LogP contribution in [0.4, 0.5) is 0 Å². The number of ether oxygens (including phenoxy) is 1. The van der Waals surface area contributed by atoms with Crippen molar-refractivity contribution in [1.29, 1.82) is 0 Å². The van der Waals surface area contributed by atoms with E-state index in [1.165, 1.54) is 7.11 Å². The third-order valence-corrected chi connectivity index (χ3v) is 3.38. The van der Waals surface area contributed by atoms with E-state index < -0.39 is 17.9 Å². The van der Waals surface area contributed by atoms with E-state index in [-0.39, 0.29) is 11.1 Å². The van der Waals surface area contributed by atoms with E-state index in [0.717, 1.165) is 0 Å². The third-order valence-electron chi connectivity index (χ3n) is 3.38. The number of aliphatic carboxylic acids is 1. The highest BCUT2D eigenvalue weighted by molar-refractivity contribution is 5.98. The lowest BCUT2D eigenvalue weighted by molar-refractivity contribution is -0.136. The molecule has 1 unspecified atom stereocenters. The Morgan fingerprint density at radius 3 is 2.43 bits per heavy atom. The van der Waals surface area contributed by atoms with Crippen molar-refractivity contribution in [1.82, 2.24) is 10.3 Å². The van der Waals surface area contributed by atoms with Gasteiger partial charge in [0, 0.05) is 17.6 Å². The van der Waals surface area contributed by atoms with Gasteiger partial charge in [-0.05, 0) is 26.0 Å². The summed E-state index contributed by atoms with van der Waals surface area (Å²) in [6, 6.07) is 5.18. The zero-order valence-electron chi connectivity index (χ0n) is 12.0. The number of methoxy groups -OCH3 is 1. The monoisotopic (exact) mass is 288 g/mol. The summed E-state index contributed by atoms with van der Waals surface area (Å²) in [6.45, 7) is 3.38. The molecule has 0 amide bonds. The molecule has 1 aliphatic rings. The van der Waals surface area contributed by atoms with Gasteiger partial charge in [0.25, 0.3) is 0 Å². The SMILES string of the molecule is COC(=O)C1=C(C)NC(C)=C(C(=O)O)C1c1ccccn1. The van der Waals surface area contributed by atoms with E-state index in [2.05, 4.69) is 10.3 Å². The summed E-state index contributed by atoms with van der Waals surface area (Å²) in [5.41, 5.74) is 1.91. The minimum atomic E-state index is -1.09. The Labute approximate surface area is 122 Å². The van der Waals surface area contributed by atoms with E-state index in [9.17, 15) is 14.7 Å². The molecule has 6 nitrogen and oxygen atoms in total. The Balaban J connectivity index is 2.66. The fourth-order valence-corrected chi connectivity index (χ4v) is 2.50. The Morgan fingerprint density at radius 1 is 1.24 bits per heavy atom. The quantitative estimate of drug-likeness (QED) is 0.821. The highest BCUT2D eigenvalue weighted by Gasteiger charge is 2.37. The average Bonchev–Trinajstić information content (AvgIpc) is 2.46. The summed E-state index contributed by atoms with van der Waals surface area (Å²) < 4.78 is 4.80. The van der Waals surface area contributed by atoms with Gasteiger partial charge in [-0.25, -0.2) is 9.59 Å². The van der Waals surface area contributed by atoms with Crippen molar-refractivity contribution in [2.75, 3.05) is 7.11 Å². The number of carbonyl (C=O) groups excluding carboxylic acids is 1. The molecule has 0 bridgehead atoms. The van der Waals surface area contributed by atoms with E-state index in [4.69, 9.17) is 4.74 Å². The molecule has 0 saturated heterocycles. The van der Waals surface area contributed by atoms with E-state index in [0.29, 0.717) is 17.1 Å². The number of esters is 1. The summed E-state index contributed by atoms with van der Waals surface area (Å²) in [5.74, 6) is -2.41. The molecule has 1 atom stereocenters. The van der Waals surface area contributed by atoms with Crippen LogP contribution in [0, 0.1) is 0 Å². The molecule has 0 saturated carbocycles. The van der Waals surface area contributed by atoms with Crippen LogP contribution in [-0.2, 0) is 14.3 Å². The van der Waals surface area contributed by atoms with Crippen LogP contribution >= 0.6 is 0 Å². The fraction of sp³-hybridized carbons (Fsp3) is 0.267. The maximum absolute atomic E-state index is 12.1. The molecule has 2 heterocycles. The average molecular weight is 288 g/mol. The number of hydrogen-bond acceptors (Lipinski definition) is 5. The zero-order chi connectivity index (χ0) is 15.6. The summed E-state index contributed by atoms with van der Waals surface area (Å²) in [6.07, 6.45) is 1.57. The lowest BCUT2D eigenvalue weighted by atomic mass is 9.83. The Bertz CT molecular complexity index is 647. The number of nitrogens with one attached hydrogen (secondary N) is 1. The van der Waals surface area contributed by atoms with Crippen molar-refractivity contribution in [2.45, 2.75) is 19.8 Å². The number of carboxylic acids is 1. The van der Waals surface area contributed by atoms with Crippen LogP contribution in [0.1, 0.15) is 25.5 Å². The maximum atomic E-state index is 12.1. The number of nitrogens with zero attached hydrogens (tertiary/aromatic N) is 1. The first-order valence-electron chi connectivity index (χ1n) is 6.38. The molecule has 0 aliphatic carbocycles. The molecule has 6 heteroatoms. The smallest absolute Gasteiger partial charge is 0.336 e. The first-order valence-corrected chi connectivity index (χ1v) is 6.38. The minimum absolute atomic E-state index is 0.0969. The largest absolute Gasteiger partial charge is 0.478 e. The van der Waals surface area contributed by atoms with Gasteiger partial charge in [0.15, 0.2) is 0 Å². The standard InChI is InChI=1S/C15H16N2O4/c1-8-11(14(18)19)13(10-6-4-5-7-16-10)12(9(2)17-8)15(20)21-3/h4-7,13,17H,1-3H3,(H,18,19). The molecule has 0 fully saturated rings. The maximum Gasteiger partial charge on any atom is 0.336 e. The van der Waals surface area contributed by atoms with Crippen LogP contribution in [0.2, 0.25) is 0 Å². The number of rotatable bonds is 3. The summed E-state index contributed by atoms with van der Waals surface area (Å²) in [4.78, 5) is 27.9. The summed E-state index contributed by atoms with van der Waals surface area (Å²) in [5, 5.41) is 12.4. The van der Waals surface area contributed by atoms with Crippen molar-refractivity contribution in [3.05, 3.63) is 52.6 Å². The molecule has 0 radical (unpaired) electrons. The van der Waals surface area contributed by atoms with Crippen molar-refractivity contribution < 1.29 is 19.4 Å². The number of dihydropyridines is 1. The van der Waals surface area contributed by atoms with Gasteiger partial charge in [-0.1, -0.05) is 6.07 Å². The van der Waals surface area contributed by atoms with Crippen LogP contribution in [0.15, 0.2) is 46.9 Å². The Hall–Kier alpha value is -2.63. The molecular weight excluding hydrogens is 272 g/mol. The topological polar surface area (TPSA) is 88.5 Å². The Kier molecular flexibility index (Phi) is 4.07. The van der Waals surface area contributed by atoms with Crippen molar-refractivity contribution in [3.63, 3.8) is 0 Å². The minimum Gasteiger partial charge on any atom is -0.478 e. The normalized spacial score (nSPS) is 18.3. The molecule has 21 heavy (non-hydrogen) atoms. The van der Waals surface area contributed by atoms with Crippen molar-refractivity contribution in [3.8, 4) is 0 Å². The van der Waals surface area contributed by atoms with Gasteiger partial charge in [-0.3, -0.25) is 4.98 Å². The zero-order valence-corrected chi connectivity index (χ0v) is 12.0. The highest BCUT2D eigenvalue weighted by atomic mass is 16.5. The second kappa shape index (κ2) is 5.78. The van der Waals surface area contributed by atoms with Crippen LogP contribution < -0.4 is 5.32 Å². The van der Waals surface area contributed by atoms with Gasteiger partial charge in [-0.2, -0.15) is 0 Å². The molecule has 0 spiro atoms. The number of pyridine rings is 1.